The van der Waals surface area contributed by atoms with Gasteiger partial charge in [0.25, 0.3) is 5.91 Å². The van der Waals surface area contributed by atoms with Gasteiger partial charge >= 0.3 is 0 Å². The van der Waals surface area contributed by atoms with E-state index in [9.17, 15) is 4.79 Å². The number of carbonyl (C=O) groups is 1. The molecule has 1 aliphatic rings. The highest BCUT2D eigenvalue weighted by atomic mass is 35.5. The molecule has 0 N–H and O–H groups in total. The highest BCUT2D eigenvalue weighted by Gasteiger charge is 2.33. The number of aryl methyl sites for hydroxylation is 1. The summed E-state index contributed by atoms with van der Waals surface area (Å²) in [7, 11) is 0. The van der Waals surface area contributed by atoms with Crippen LogP contribution in [0.5, 0.6) is 0 Å². The fourth-order valence-electron chi connectivity index (χ4n) is 2.58. The number of amides is 1. The van der Waals surface area contributed by atoms with Gasteiger partial charge in [-0.05, 0) is 31.9 Å². The summed E-state index contributed by atoms with van der Waals surface area (Å²) in [5, 5.41) is 3.57. The Morgan fingerprint density at radius 1 is 1.45 bits per heavy atom. The molecule has 1 aromatic carbocycles. The van der Waals surface area contributed by atoms with Crippen molar-refractivity contribution in [2.45, 2.75) is 25.8 Å². The van der Waals surface area contributed by atoms with E-state index in [1.165, 1.54) is 0 Å². The van der Waals surface area contributed by atoms with Crippen LogP contribution in [0.2, 0.25) is 5.02 Å². The molecule has 2 aromatic rings. The molecule has 3 nitrogen and oxygen atoms in total. The van der Waals surface area contributed by atoms with Crippen LogP contribution in [0.15, 0.2) is 29.6 Å². The van der Waals surface area contributed by atoms with Gasteiger partial charge in [0, 0.05) is 17.6 Å². The number of rotatable bonds is 2. The molecule has 1 atom stereocenters. The molecule has 1 aromatic heterocycles. The number of hydrogen-bond donors (Lipinski definition) is 0. The van der Waals surface area contributed by atoms with Gasteiger partial charge in [-0.15, -0.1) is 11.3 Å². The normalized spacial score (nSPS) is 18.5. The van der Waals surface area contributed by atoms with Crippen LogP contribution in [0, 0.1) is 6.92 Å². The first-order valence-corrected chi connectivity index (χ1v) is 7.90. The second-order valence-electron chi connectivity index (χ2n) is 4.96. The molecule has 3 rings (SSSR count). The van der Waals surface area contributed by atoms with Gasteiger partial charge in [-0.1, -0.05) is 23.7 Å². The molecule has 5 heteroatoms. The summed E-state index contributed by atoms with van der Waals surface area (Å²) in [5.41, 5.74) is 1.59. The Labute approximate surface area is 127 Å². The zero-order chi connectivity index (χ0) is 14.1. The van der Waals surface area contributed by atoms with E-state index in [0.717, 1.165) is 30.1 Å². The second-order valence-corrected chi connectivity index (χ2v) is 6.26. The number of likely N-dealkylation sites (tertiary alicyclic amines) is 1. The van der Waals surface area contributed by atoms with E-state index in [-0.39, 0.29) is 11.9 Å². The molecule has 104 valence electrons. The van der Waals surface area contributed by atoms with Crippen molar-refractivity contribution in [1.82, 2.24) is 9.88 Å². The standard InChI is InChI=1S/C15H15ClN2OS/c1-10-9-20-14(17-10)13-7-4-8-18(13)15(19)11-5-2-3-6-12(11)16/h2-3,5-6,9,13H,4,7-8H2,1H3. The molecule has 0 radical (unpaired) electrons. The van der Waals surface area contributed by atoms with Crippen LogP contribution in [0.4, 0.5) is 0 Å². The van der Waals surface area contributed by atoms with E-state index < -0.39 is 0 Å². The lowest BCUT2D eigenvalue weighted by Crippen LogP contribution is -2.30. The lowest BCUT2D eigenvalue weighted by Gasteiger charge is -2.23. The maximum Gasteiger partial charge on any atom is 0.255 e. The fourth-order valence-corrected chi connectivity index (χ4v) is 3.74. The average molecular weight is 307 g/mol. The minimum atomic E-state index is 0.00551. The first-order chi connectivity index (χ1) is 9.66. The zero-order valence-corrected chi connectivity index (χ0v) is 12.7. The Balaban J connectivity index is 1.89. The van der Waals surface area contributed by atoms with Crippen LogP contribution in [-0.4, -0.2) is 22.3 Å². The molecule has 0 spiro atoms. The number of halogens is 1. The molecule has 1 fully saturated rings. The molecule has 1 unspecified atom stereocenters. The SMILES string of the molecule is Cc1csc(C2CCCN2C(=O)c2ccccc2Cl)n1. The van der Waals surface area contributed by atoms with E-state index >= 15 is 0 Å². The molecule has 1 saturated heterocycles. The summed E-state index contributed by atoms with van der Waals surface area (Å²) in [6.45, 7) is 2.75. The number of nitrogens with zero attached hydrogens (tertiary/aromatic N) is 2. The Morgan fingerprint density at radius 3 is 2.95 bits per heavy atom. The van der Waals surface area contributed by atoms with Crippen LogP contribution in [0.3, 0.4) is 0 Å². The van der Waals surface area contributed by atoms with Crippen molar-refractivity contribution in [3.05, 3.63) is 50.9 Å². The van der Waals surface area contributed by atoms with Crippen molar-refractivity contribution in [2.24, 2.45) is 0 Å². The van der Waals surface area contributed by atoms with Crippen molar-refractivity contribution in [3.63, 3.8) is 0 Å². The van der Waals surface area contributed by atoms with Crippen molar-refractivity contribution in [1.29, 1.82) is 0 Å². The van der Waals surface area contributed by atoms with Crippen LogP contribution in [-0.2, 0) is 0 Å². The molecule has 1 amide bonds. The summed E-state index contributed by atoms with van der Waals surface area (Å²) < 4.78 is 0. The van der Waals surface area contributed by atoms with Gasteiger partial charge in [-0.2, -0.15) is 0 Å². The summed E-state index contributed by atoms with van der Waals surface area (Å²) >= 11 is 7.76. The monoisotopic (exact) mass is 306 g/mol. The Bertz CT molecular complexity index is 640. The van der Waals surface area contributed by atoms with Gasteiger partial charge in [-0.25, -0.2) is 4.98 Å². The number of hydrogen-bond acceptors (Lipinski definition) is 3. The Hall–Kier alpha value is -1.39. The van der Waals surface area contributed by atoms with E-state index in [4.69, 9.17) is 11.6 Å². The minimum absolute atomic E-state index is 0.00551. The summed E-state index contributed by atoms with van der Waals surface area (Å²) in [4.78, 5) is 19.1. The van der Waals surface area contributed by atoms with Crippen molar-refractivity contribution >= 4 is 28.8 Å². The Morgan fingerprint density at radius 2 is 2.25 bits per heavy atom. The van der Waals surface area contributed by atoms with E-state index in [1.807, 2.05) is 29.3 Å². The van der Waals surface area contributed by atoms with Gasteiger partial charge in [0.15, 0.2) is 0 Å². The minimum Gasteiger partial charge on any atom is -0.329 e. The molecular formula is C15H15ClN2OS. The third-order valence-corrected chi connectivity index (χ3v) is 4.93. The van der Waals surface area contributed by atoms with Gasteiger partial charge in [0.2, 0.25) is 0 Å². The smallest absolute Gasteiger partial charge is 0.255 e. The molecule has 0 aliphatic carbocycles. The number of benzene rings is 1. The van der Waals surface area contributed by atoms with E-state index in [1.54, 1.807) is 23.5 Å². The van der Waals surface area contributed by atoms with E-state index in [2.05, 4.69) is 4.98 Å². The summed E-state index contributed by atoms with van der Waals surface area (Å²) in [6, 6.07) is 7.32. The van der Waals surface area contributed by atoms with Gasteiger partial charge < -0.3 is 4.90 Å². The van der Waals surface area contributed by atoms with Crippen molar-refractivity contribution < 1.29 is 4.79 Å². The zero-order valence-electron chi connectivity index (χ0n) is 11.2. The van der Waals surface area contributed by atoms with Crippen molar-refractivity contribution in [3.8, 4) is 0 Å². The molecule has 1 aliphatic heterocycles. The molecule has 2 heterocycles. The van der Waals surface area contributed by atoms with E-state index in [0.29, 0.717) is 10.6 Å². The highest BCUT2D eigenvalue weighted by molar-refractivity contribution is 7.09. The van der Waals surface area contributed by atoms with Gasteiger partial charge in [0.1, 0.15) is 5.01 Å². The molecular weight excluding hydrogens is 292 g/mol. The van der Waals surface area contributed by atoms with Gasteiger partial charge in [-0.3, -0.25) is 4.79 Å². The number of thiazole rings is 1. The predicted octanol–water partition coefficient (Wildman–Crippen LogP) is 4.08. The van der Waals surface area contributed by atoms with Crippen LogP contribution >= 0.6 is 22.9 Å². The lowest BCUT2D eigenvalue weighted by atomic mass is 10.1. The fraction of sp³-hybridized carbons (Fsp3) is 0.333. The molecule has 20 heavy (non-hydrogen) atoms. The second kappa shape index (κ2) is 5.54. The third-order valence-electron chi connectivity index (χ3n) is 3.54. The number of carbonyl (C=O) groups excluding carboxylic acids is 1. The summed E-state index contributed by atoms with van der Waals surface area (Å²) in [6.07, 6.45) is 1.99. The maximum absolute atomic E-state index is 12.7. The number of aromatic nitrogens is 1. The predicted molar refractivity (Wildman–Crippen MR) is 81.3 cm³/mol. The van der Waals surface area contributed by atoms with Crippen LogP contribution in [0.25, 0.3) is 0 Å². The largest absolute Gasteiger partial charge is 0.329 e. The maximum atomic E-state index is 12.7. The lowest BCUT2D eigenvalue weighted by molar-refractivity contribution is 0.0735. The average Bonchev–Trinajstić information content (AvgIpc) is 3.06. The van der Waals surface area contributed by atoms with Gasteiger partial charge in [0.05, 0.1) is 16.6 Å². The van der Waals surface area contributed by atoms with Crippen LogP contribution in [0.1, 0.15) is 39.9 Å². The third kappa shape index (κ3) is 2.45. The molecule has 0 saturated carbocycles. The summed E-state index contributed by atoms with van der Waals surface area (Å²) in [5.74, 6) is 0.00551. The van der Waals surface area contributed by atoms with Crippen molar-refractivity contribution in [2.75, 3.05) is 6.54 Å². The quantitative estimate of drug-likeness (QED) is 0.837. The molecule has 0 bridgehead atoms. The van der Waals surface area contributed by atoms with Crippen LogP contribution < -0.4 is 0 Å². The first kappa shape index (κ1) is 13.6. The highest BCUT2D eigenvalue weighted by Crippen LogP contribution is 2.35. The topological polar surface area (TPSA) is 33.2 Å². The first-order valence-electron chi connectivity index (χ1n) is 6.64. The Kier molecular flexibility index (Phi) is 3.76.